The van der Waals surface area contributed by atoms with Crippen molar-refractivity contribution in [2.24, 2.45) is 7.05 Å². The van der Waals surface area contributed by atoms with E-state index < -0.39 is 0 Å². The van der Waals surface area contributed by atoms with Gasteiger partial charge in [0.1, 0.15) is 0 Å². The van der Waals surface area contributed by atoms with Gasteiger partial charge >= 0.3 is 0 Å². The lowest BCUT2D eigenvalue weighted by Gasteiger charge is -2.30. The second-order valence-corrected chi connectivity index (χ2v) is 7.83. The molecule has 0 N–H and O–H groups in total. The van der Waals surface area contributed by atoms with Gasteiger partial charge in [-0.25, -0.2) is 0 Å². The second kappa shape index (κ2) is 8.23. The zero-order valence-electron chi connectivity index (χ0n) is 16.1. The van der Waals surface area contributed by atoms with Gasteiger partial charge in [0.25, 0.3) is 5.91 Å². The van der Waals surface area contributed by atoms with Crippen LogP contribution in [-0.2, 0) is 13.6 Å². The minimum Gasteiger partial charge on any atom is -0.353 e. The first kappa shape index (κ1) is 18.8. The van der Waals surface area contributed by atoms with Gasteiger partial charge in [-0.1, -0.05) is 42.6 Å². The Balaban J connectivity index is 1.56. The molecule has 0 saturated carbocycles. The van der Waals surface area contributed by atoms with Crippen molar-refractivity contribution < 1.29 is 4.79 Å². The van der Waals surface area contributed by atoms with Gasteiger partial charge in [0.2, 0.25) is 0 Å². The number of amides is 1. The summed E-state index contributed by atoms with van der Waals surface area (Å²) in [5.41, 5.74) is 2.81. The maximum atomic E-state index is 13.3. The lowest BCUT2D eigenvalue weighted by atomic mass is 10.1. The summed E-state index contributed by atoms with van der Waals surface area (Å²) >= 11 is 6.26. The minimum atomic E-state index is 0.0542. The molecule has 4 rings (SSSR count). The molecule has 146 valence electrons. The van der Waals surface area contributed by atoms with Crippen LogP contribution < -0.4 is 0 Å². The van der Waals surface area contributed by atoms with Crippen molar-refractivity contribution in [3.63, 3.8) is 0 Å². The van der Waals surface area contributed by atoms with Crippen molar-refractivity contribution in [2.75, 3.05) is 6.54 Å². The number of aryl methyl sites for hydroxylation is 1. The normalized spacial score (nSPS) is 17.5. The van der Waals surface area contributed by atoms with Crippen LogP contribution in [0.15, 0.2) is 55.0 Å². The predicted molar refractivity (Wildman–Crippen MR) is 110 cm³/mol. The fourth-order valence-electron chi connectivity index (χ4n) is 4.01. The molecule has 1 aliphatic heterocycles. The first-order chi connectivity index (χ1) is 13.6. The predicted octanol–water partition coefficient (Wildman–Crippen LogP) is 4.68. The Labute approximate surface area is 170 Å². The maximum absolute atomic E-state index is 13.3. The fourth-order valence-corrected chi connectivity index (χ4v) is 4.20. The molecule has 1 aromatic carbocycles. The molecule has 2 aromatic heterocycles. The molecule has 1 saturated heterocycles. The lowest BCUT2D eigenvalue weighted by Crippen LogP contribution is -2.35. The average molecular weight is 397 g/mol. The summed E-state index contributed by atoms with van der Waals surface area (Å²) in [6.07, 6.45) is 9.90. The van der Waals surface area contributed by atoms with Crippen molar-refractivity contribution >= 4 is 17.5 Å². The van der Waals surface area contributed by atoms with Gasteiger partial charge in [0.05, 0.1) is 24.3 Å². The average Bonchev–Trinajstić information content (AvgIpc) is 3.26. The third-order valence-electron chi connectivity index (χ3n) is 5.51. The van der Waals surface area contributed by atoms with Gasteiger partial charge in [-0.3, -0.25) is 9.48 Å². The summed E-state index contributed by atoms with van der Waals surface area (Å²) in [7, 11) is 2.05. The van der Waals surface area contributed by atoms with Crippen LogP contribution in [0.25, 0.3) is 0 Å². The van der Waals surface area contributed by atoms with E-state index in [0.717, 1.165) is 37.8 Å². The zero-order chi connectivity index (χ0) is 19.5. The topological polar surface area (TPSA) is 43.1 Å². The Bertz CT molecular complexity index is 961. The Morgan fingerprint density at radius 3 is 2.82 bits per heavy atom. The van der Waals surface area contributed by atoms with E-state index in [2.05, 4.69) is 15.7 Å². The number of rotatable bonds is 4. The number of carbonyl (C=O) groups is 1. The van der Waals surface area contributed by atoms with E-state index in [1.54, 1.807) is 10.9 Å². The number of benzene rings is 1. The standard InChI is InChI=1S/C22H25ClN4O/c1-25-12-7-11-20(25)21-10-3-2-6-13-27(21)22(28)18-14-24-26(16-18)15-17-8-4-5-9-19(17)23/h4-5,7-9,11-12,14,16,21H,2-3,6,10,13,15H2,1H3. The Morgan fingerprint density at radius 1 is 1.18 bits per heavy atom. The van der Waals surface area contributed by atoms with Gasteiger partial charge in [0.15, 0.2) is 0 Å². The quantitative estimate of drug-likeness (QED) is 0.642. The monoisotopic (exact) mass is 396 g/mol. The van der Waals surface area contributed by atoms with Gasteiger partial charge in [-0.05, 0) is 36.6 Å². The van der Waals surface area contributed by atoms with E-state index in [9.17, 15) is 4.79 Å². The molecule has 0 aliphatic carbocycles. The minimum absolute atomic E-state index is 0.0542. The third kappa shape index (κ3) is 3.85. The molecule has 0 bridgehead atoms. The number of aromatic nitrogens is 3. The number of likely N-dealkylation sites (tertiary alicyclic amines) is 1. The van der Waals surface area contributed by atoms with E-state index in [0.29, 0.717) is 17.1 Å². The van der Waals surface area contributed by atoms with Gasteiger partial charge in [0, 0.05) is 36.7 Å². The molecule has 1 aliphatic rings. The first-order valence-electron chi connectivity index (χ1n) is 9.81. The zero-order valence-corrected chi connectivity index (χ0v) is 16.8. The van der Waals surface area contributed by atoms with Crippen LogP contribution in [0, 0.1) is 0 Å². The van der Waals surface area contributed by atoms with Gasteiger partial charge in [-0.2, -0.15) is 5.10 Å². The molecule has 1 unspecified atom stereocenters. The van der Waals surface area contributed by atoms with Gasteiger partial charge < -0.3 is 9.47 Å². The molecule has 3 aromatic rings. The van der Waals surface area contributed by atoms with E-state index in [4.69, 9.17) is 11.6 Å². The summed E-state index contributed by atoms with van der Waals surface area (Å²) in [6, 6.07) is 12.0. The number of nitrogens with zero attached hydrogens (tertiary/aromatic N) is 4. The van der Waals surface area contributed by atoms with Crippen molar-refractivity contribution in [3.8, 4) is 0 Å². The Hall–Kier alpha value is -2.53. The van der Waals surface area contributed by atoms with Crippen LogP contribution in [0.3, 0.4) is 0 Å². The number of hydrogen-bond donors (Lipinski definition) is 0. The largest absolute Gasteiger partial charge is 0.353 e. The molecular formula is C22H25ClN4O. The summed E-state index contributed by atoms with van der Waals surface area (Å²) in [6.45, 7) is 1.33. The number of carbonyl (C=O) groups excluding carboxylic acids is 1. The highest BCUT2D eigenvalue weighted by Crippen LogP contribution is 2.31. The fraction of sp³-hybridized carbons (Fsp3) is 0.364. The number of hydrogen-bond acceptors (Lipinski definition) is 2. The van der Waals surface area contributed by atoms with Crippen LogP contribution in [0.1, 0.15) is 53.3 Å². The van der Waals surface area contributed by atoms with Crippen LogP contribution in [0.4, 0.5) is 0 Å². The molecule has 1 atom stereocenters. The van der Waals surface area contributed by atoms with E-state index in [1.165, 1.54) is 5.69 Å². The number of halogens is 1. The molecule has 28 heavy (non-hydrogen) atoms. The van der Waals surface area contributed by atoms with Crippen molar-refractivity contribution in [3.05, 3.63) is 76.8 Å². The van der Waals surface area contributed by atoms with E-state index in [-0.39, 0.29) is 11.9 Å². The summed E-state index contributed by atoms with van der Waals surface area (Å²) in [4.78, 5) is 15.4. The van der Waals surface area contributed by atoms with Crippen molar-refractivity contribution in [1.29, 1.82) is 0 Å². The third-order valence-corrected chi connectivity index (χ3v) is 5.88. The van der Waals surface area contributed by atoms with Crippen molar-refractivity contribution in [1.82, 2.24) is 19.2 Å². The summed E-state index contributed by atoms with van der Waals surface area (Å²) in [5, 5.41) is 5.11. The molecule has 1 amide bonds. The van der Waals surface area contributed by atoms with Crippen LogP contribution in [-0.4, -0.2) is 31.7 Å². The maximum Gasteiger partial charge on any atom is 0.257 e. The molecule has 3 heterocycles. The molecule has 5 nitrogen and oxygen atoms in total. The highest BCUT2D eigenvalue weighted by Gasteiger charge is 2.29. The van der Waals surface area contributed by atoms with E-state index in [1.807, 2.05) is 54.7 Å². The second-order valence-electron chi connectivity index (χ2n) is 7.43. The molecule has 0 radical (unpaired) electrons. The van der Waals surface area contributed by atoms with Crippen LogP contribution in [0.2, 0.25) is 5.02 Å². The molecule has 6 heteroatoms. The summed E-state index contributed by atoms with van der Waals surface area (Å²) in [5.74, 6) is 0.0542. The van der Waals surface area contributed by atoms with E-state index >= 15 is 0 Å². The highest BCUT2D eigenvalue weighted by molar-refractivity contribution is 6.31. The SMILES string of the molecule is Cn1cccc1C1CCCCCN1C(=O)c1cnn(Cc2ccccc2Cl)c1. The smallest absolute Gasteiger partial charge is 0.257 e. The molecule has 1 fully saturated rings. The first-order valence-corrected chi connectivity index (χ1v) is 10.2. The molecule has 0 spiro atoms. The van der Waals surface area contributed by atoms with Crippen LogP contribution in [0.5, 0.6) is 0 Å². The highest BCUT2D eigenvalue weighted by atomic mass is 35.5. The Kier molecular flexibility index (Phi) is 5.53. The van der Waals surface area contributed by atoms with Crippen molar-refractivity contribution in [2.45, 2.75) is 38.3 Å². The molecular weight excluding hydrogens is 372 g/mol. The van der Waals surface area contributed by atoms with Gasteiger partial charge in [-0.15, -0.1) is 0 Å². The summed E-state index contributed by atoms with van der Waals surface area (Å²) < 4.78 is 3.90. The lowest BCUT2D eigenvalue weighted by molar-refractivity contribution is 0.0674. The Morgan fingerprint density at radius 2 is 2.04 bits per heavy atom. The van der Waals surface area contributed by atoms with Crippen LogP contribution >= 0.6 is 11.6 Å².